The lowest BCUT2D eigenvalue weighted by Gasteiger charge is -2.13. The normalized spacial score (nSPS) is 12.2. The van der Waals surface area contributed by atoms with Crippen molar-refractivity contribution in [2.75, 3.05) is 0 Å². The van der Waals surface area contributed by atoms with E-state index in [0.717, 1.165) is 6.42 Å². The summed E-state index contributed by atoms with van der Waals surface area (Å²) < 4.78 is 0. The Bertz CT molecular complexity index is 575. The van der Waals surface area contributed by atoms with Crippen LogP contribution in [0.25, 0.3) is 11.1 Å². The number of hydrogen-bond acceptors (Lipinski definition) is 0. The summed E-state index contributed by atoms with van der Waals surface area (Å²) in [5, 5.41) is 0. The summed E-state index contributed by atoms with van der Waals surface area (Å²) >= 11 is 0. The molecule has 0 heterocycles. The quantitative estimate of drug-likeness (QED) is 0.598. The molecule has 0 aromatic heterocycles. The van der Waals surface area contributed by atoms with Crippen molar-refractivity contribution >= 4 is 0 Å². The highest BCUT2D eigenvalue weighted by atomic mass is 14.1. The molecule has 2 rings (SSSR count). The summed E-state index contributed by atoms with van der Waals surface area (Å²) in [7, 11) is 0. The second kappa shape index (κ2) is 6.56. The second-order valence-corrected chi connectivity index (χ2v) is 5.71. The number of benzene rings is 2. The largest absolute Gasteiger partial charge is 0.0993 e. The Kier molecular flexibility index (Phi) is 4.79. The molecular weight excluding hydrogens is 240 g/mol. The van der Waals surface area contributed by atoms with Crippen LogP contribution in [0.4, 0.5) is 0 Å². The van der Waals surface area contributed by atoms with Gasteiger partial charge in [0.25, 0.3) is 0 Å². The number of aryl methyl sites for hydroxylation is 1. The highest BCUT2D eigenvalue weighted by Gasteiger charge is 2.05. The van der Waals surface area contributed by atoms with E-state index in [-0.39, 0.29) is 0 Å². The molecule has 104 valence electrons. The van der Waals surface area contributed by atoms with E-state index in [0.29, 0.717) is 5.92 Å². The van der Waals surface area contributed by atoms with E-state index < -0.39 is 0 Å². The molecule has 0 heteroatoms. The molecule has 1 unspecified atom stereocenters. The first-order chi connectivity index (χ1) is 9.60. The van der Waals surface area contributed by atoms with Gasteiger partial charge in [-0.05, 0) is 42.4 Å². The molecule has 2 aromatic rings. The third-order valence-corrected chi connectivity index (χ3v) is 4.05. The third kappa shape index (κ3) is 3.60. The highest BCUT2D eigenvalue weighted by molar-refractivity contribution is 5.64. The van der Waals surface area contributed by atoms with Crippen LogP contribution in [0.15, 0.2) is 60.7 Å². The molecule has 0 amide bonds. The fourth-order valence-electron chi connectivity index (χ4n) is 2.36. The first-order valence-corrected chi connectivity index (χ1v) is 7.43. The van der Waals surface area contributed by atoms with Crippen molar-refractivity contribution in [1.29, 1.82) is 0 Å². The van der Waals surface area contributed by atoms with Crippen LogP contribution in [0.1, 0.15) is 31.4 Å². The van der Waals surface area contributed by atoms with Gasteiger partial charge in [0, 0.05) is 0 Å². The minimum absolute atomic E-state index is 0.603. The van der Waals surface area contributed by atoms with E-state index in [4.69, 9.17) is 0 Å². The average molecular weight is 264 g/mol. The second-order valence-electron chi connectivity index (χ2n) is 5.71. The standard InChI is InChI=1S/C20H24/c1-5-16(3)17(4)14-18-9-11-19(12-10-18)20-8-6-7-15(2)13-20/h6-13,16H,4-5,14H2,1-3H3. The summed E-state index contributed by atoms with van der Waals surface area (Å²) in [6.07, 6.45) is 2.16. The van der Waals surface area contributed by atoms with E-state index in [1.54, 1.807) is 0 Å². The number of allylic oxidation sites excluding steroid dienone is 1. The molecule has 0 aliphatic rings. The Morgan fingerprint density at radius 2 is 1.75 bits per heavy atom. The van der Waals surface area contributed by atoms with Gasteiger partial charge in [-0.15, -0.1) is 0 Å². The lowest BCUT2D eigenvalue weighted by atomic mass is 9.93. The Hall–Kier alpha value is -1.82. The van der Waals surface area contributed by atoms with Crippen LogP contribution in [-0.2, 0) is 6.42 Å². The van der Waals surface area contributed by atoms with Crippen LogP contribution in [0, 0.1) is 12.8 Å². The molecule has 2 aromatic carbocycles. The Morgan fingerprint density at radius 3 is 2.35 bits per heavy atom. The SMILES string of the molecule is C=C(Cc1ccc(-c2cccc(C)c2)cc1)C(C)CC. The molecule has 0 spiro atoms. The molecule has 0 bridgehead atoms. The lowest BCUT2D eigenvalue weighted by Crippen LogP contribution is -1.99. The lowest BCUT2D eigenvalue weighted by molar-refractivity contribution is 0.641. The summed E-state index contributed by atoms with van der Waals surface area (Å²) in [4.78, 5) is 0. The van der Waals surface area contributed by atoms with E-state index in [1.807, 2.05) is 0 Å². The first-order valence-electron chi connectivity index (χ1n) is 7.43. The van der Waals surface area contributed by atoms with E-state index in [9.17, 15) is 0 Å². The molecule has 20 heavy (non-hydrogen) atoms. The van der Waals surface area contributed by atoms with Crippen LogP contribution in [0.3, 0.4) is 0 Å². The molecule has 0 N–H and O–H groups in total. The molecule has 0 saturated carbocycles. The van der Waals surface area contributed by atoms with Crippen LogP contribution < -0.4 is 0 Å². The van der Waals surface area contributed by atoms with Crippen molar-refractivity contribution < 1.29 is 0 Å². The molecule has 0 radical (unpaired) electrons. The zero-order valence-corrected chi connectivity index (χ0v) is 12.8. The van der Waals surface area contributed by atoms with E-state index in [2.05, 4.69) is 75.9 Å². The van der Waals surface area contributed by atoms with Gasteiger partial charge < -0.3 is 0 Å². The molecule has 0 fully saturated rings. The Labute approximate surface area is 123 Å². The fraction of sp³-hybridized carbons (Fsp3) is 0.300. The van der Waals surface area contributed by atoms with Crippen LogP contribution >= 0.6 is 0 Å². The molecule has 0 aliphatic heterocycles. The predicted molar refractivity (Wildman–Crippen MR) is 88.9 cm³/mol. The minimum atomic E-state index is 0.603. The van der Waals surface area contributed by atoms with Crippen LogP contribution in [-0.4, -0.2) is 0 Å². The van der Waals surface area contributed by atoms with Gasteiger partial charge in [-0.3, -0.25) is 0 Å². The van der Waals surface area contributed by atoms with E-state index in [1.165, 1.54) is 34.2 Å². The topological polar surface area (TPSA) is 0 Å². The van der Waals surface area contributed by atoms with Crippen molar-refractivity contribution in [3.8, 4) is 11.1 Å². The molecular formula is C20H24. The van der Waals surface area contributed by atoms with Crippen molar-refractivity contribution in [3.05, 3.63) is 71.8 Å². The van der Waals surface area contributed by atoms with Crippen molar-refractivity contribution in [1.82, 2.24) is 0 Å². The molecule has 1 atom stereocenters. The van der Waals surface area contributed by atoms with Gasteiger partial charge >= 0.3 is 0 Å². The average Bonchev–Trinajstić information content (AvgIpc) is 2.47. The first kappa shape index (κ1) is 14.6. The maximum Gasteiger partial charge on any atom is -0.00671 e. The van der Waals surface area contributed by atoms with Gasteiger partial charge in [-0.1, -0.05) is 80.1 Å². The third-order valence-electron chi connectivity index (χ3n) is 4.05. The predicted octanol–water partition coefficient (Wildman–Crippen LogP) is 5.81. The van der Waals surface area contributed by atoms with Gasteiger partial charge in [0.1, 0.15) is 0 Å². The van der Waals surface area contributed by atoms with Crippen molar-refractivity contribution in [3.63, 3.8) is 0 Å². The van der Waals surface area contributed by atoms with Gasteiger partial charge in [-0.2, -0.15) is 0 Å². The van der Waals surface area contributed by atoms with Crippen LogP contribution in [0.5, 0.6) is 0 Å². The monoisotopic (exact) mass is 264 g/mol. The van der Waals surface area contributed by atoms with Crippen molar-refractivity contribution in [2.45, 2.75) is 33.6 Å². The molecule has 0 aliphatic carbocycles. The van der Waals surface area contributed by atoms with E-state index >= 15 is 0 Å². The van der Waals surface area contributed by atoms with Gasteiger partial charge in [0.2, 0.25) is 0 Å². The summed E-state index contributed by atoms with van der Waals surface area (Å²) in [6.45, 7) is 10.8. The smallest absolute Gasteiger partial charge is 0.00671 e. The van der Waals surface area contributed by atoms with Gasteiger partial charge in [0.15, 0.2) is 0 Å². The number of rotatable bonds is 5. The fourth-order valence-corrected chi connectivity index (χ4v) is 2.36. The number of hydrogen-bond donors (Lipinski definition) is 0. The Morgan fingerprint density at radius 1 is 1.05 bits per heavy atom. The molecule has 0 saturated heterocycles. The summed E-state index contributed by atoms with van der Waals surface area (Å²) in [5.41, 5.74) is 6.56. The Balaban J connectivity index is 2.12. The maximum absolute atomic E-state index is 4.21. The molecule has 0 nitrogen and oxygen atoms in total. The zero-order valence-electron chi connectivity index (χ0n) is 12.8. The van der Waals surface area contributed by atoms with Crippen LogP contribution in [0.2, 0.25) is 0 Å². The summed E-state index contributed by atoms with van der Waals surface area (Å²) in [6, 6.07) is 17.5. The zero-order chi connectivity index (χ0) is 14.5. The van der Waals surface area contributed by atoms with Gasteiger partial charge in [0.05, 0.1) is 0 Å². The highest BCUT2D eigenvalue weighted by Crippen LogP contribution is 2.23. The maximum atomic E-state index is 4.21. The minimum Gasteiger partial charge on any atom is -0.0993 e. The van der Waals surface area contributed by atoms with Crippen molar-refractivity contribution in [2.24, 2.45) is 5.92 Å². The summed E-state index contributed by atoms with van der Waals surface area (Å²) in [5.74, 6) is 0.603. The van der Waals surface area contributed by atoms with Gasteiger partial charge in [-0.25, -0.2) is 0 Å².